The first-order valence-corrected chi connectivity index (χ1v) is 11.4. The number of benzene rings is 1. The minimum Gasteiger partial charge on any atom is -0.496 e. The summed E-state index contributed by atoms with van der Waals surface area (Å²) in [6.45, 7) is 4.20. The average Bonchev–Trinajstić information content (AvgIpc) is 2.92. The Morgan fingerprint density at radius 1 is 1.14 bits per heavy atom. The Bertz CT molecular complexity index is 884. The van der Waals surface area contributed by atoms with Gasteiger partial charge in [0.05, 0.1) is 18.0 Å². The van der Waals surface area contributed by atoms with Gasteiger partial charge in [0.2, 0.25) is 10.0 Å². The lowest BCUT2D eigenvalue weighted by atomic mass is 10.1. The number of sulfonamides is 1. The Balaban J connectivity index is 1.80. The SMILES string of the molecule is COc1ccc(S(=O)(=O)NCC(c2cccn2C)N2CCCCCC2)cc1C. The van der Waals surface area contributed by atoms with E-state index in [0.717, 1.165) is 37.2 Å². The summed E-state index contributed by atoms with van der Waals surface area (Å²) in [5, 5.41) is 0. The van der Waals surface area contributed by atoms with E-state index in [1.165, 1.54) is 12.8 Å². The second kappa shape index (κ2) is 9.11. The van der Waals surface area contributed by atoms with E-state index < -0.39 is 10.0 Å². The van der Waals surface area contributed by atoms with Gasteiger partial charge in [-0.1, -0.05) is 12.8 Å². The molecule has 2 heterocycles. The van der Waals surface area contributed by atoms with E-state index in [9.17, 15) is 8.42 Å². The summed E-state index contributed by atoms with van der Waals surface area (Å²) < 4.78 is 36.0. The third kappa shape index (κ3) is 4.77. The molecule has 0 amide bonds. The van der Waals surface area contributed by atoms with Crippen LogP contribution < -0.4 is 9.46 Å². The highest BCUT2D eigenvalue weighted by Gasteiger charge is 2.26. The van der Waals surface area contributed by atoms with Crippen LogP contribution >= 0.6 is 0 Å². The largest absolute Gasteiger partial charge is 0.496 e. The van der Waals surface area contributed by atoms with E-state index in [2.05, 4.69) is 20.3 Å². The molecule has 0 radical (unpaired) electrons. The first-order chi connectivity index (χ1) is 13.4. The van der Waals surface area contributed by atoms with Gasteiger partial charge in [0.15, 0.2) is 0 Å². The van der Waals surface area contributed by atoms with Crippen molar-refractivity contribution in [2.24, 2.45) is 7.05 Å². The fraction of sp³-hybridized carbons (Fsp3) is 0.524. The fourth-order valence-corrected chi connectivity index (χ4v) is 5.06. The average molecular weight is 406 g/mol. The maximum atomic E-state index is 12.9. The summed E-state index contributed by atoms with van der Waals surface area (Å²) in [5.41, 5.74) is 1.94. The molecule has 0 spiro atoms. The van der Waals surface area contributed by atoms with Crippen LogP contribution in [0.4, 0.5) is 0 Å². The van der Waals surface area contributed by atoms with Crippen molar-refractivity contribution in [1.29, 1.82) is 0 Å². The molecule has 6 nitrogen and oxygen atoms in total. The summed E-state index contributed by atoms with van der Waals surface area (Å²) >= 11 is 0. The molecule has 1 aliphatic rings. The minimum absolute atomic E-state index is 0.0206. The normalized spacial score (nSPS) is 17.2. The number of methoxy groups -OCH3 is 1. The molecule has 1 aromatic carbocycles. The van der Waals surface area contributed by atoms with Gasteiger partial charge in [-0.25, -0.2) is 13.1 Å². The highest BCUT2D eigenvalue weighted by atomic mass is 32.2. The number of hydrogen-bond acceptors (Lipinski definition) is 4. The number of hydrogen-bond donors (Lipinski definition) is 1. The Hall–Kier alpha value is -1.83. The summed E-state index contributed by atoms with van der Waals surface area (Å²) in [5.74, 6) is 0.685. The van der Waals surface area contributed by atoms with Crippen LogP contribution in [-0.4, -0.2) is 44.6 Å². The van der Waals surface area contributed by atoms with Crippen LogP contribution in [-0.2, 0) is 17.1 Å². The lowest BCUT2D eigenvalue weighted by Gasteiger charge is -2.31. The van der Waals surface area contributed by atoms with Crippen molar-refractivity contribution in [3.8, 4) is 5.75 Å². The zero-order valence-corrected chi connectivity index (χ0v) is 17.8. The van der Waals surface area contributed by atoms with Crippen molar-refractivity contribution in [2.45, 2.75) is 43.5 Å². The summed E-state index contributed by atoms with van der Waals surface area (Å²) in [4.78, 5) is 2.69. The zero-order valence-electron chi connectivity index (χ0n) is 17.0. The van der Waals surface area contributed by atoms with Crippen molar-refractivity contribution in [2.75, 3.05) is 26.7 Å². The molecule has 1 fully saturated rings. The second-order valence-corrected chi connectivity index (χ2v) is 9.26. The van der Waals surface area contributed by atoms with Gasteiger partial charge in [-0.2, -0.15) is 0 Å². The molecule has 3 rings (SSSR count). The summed E-state index contributed by atoms with van der Waals surface area (Å²) in [7, 11) is 0.00309. The molecular formula is C21H31N3O3S. The first kappa shape index (κ1) is 20.9. The molecule has 2 aromatic rings. The number of aromatic nitrogens is 1. The van der Waals surface area contributed by atoms with Gasteiger partial charge in [-0.05, 0) is 68.8 Å². The van der Waals surface area contributed by atoms with Crippen LogP contribution in [0, 0.1) is 6.92 Å². The van der Waals surface area contributed by atoms with Crippen LogP contribution in [0.15, 0.2) is 41.4 Å². The first-order valence-electron chi connectivity index (χ1n) is 9.92. The molecule has 7 heteroatoms. The van der Waals surface area contributed by atoms with Gasteiger partial charge in [0.25, 0.3) is 0 Å². The molecule has 1 aliphatic heterocycles. The van der Waals surface area contributed by atoms with E-state index in [1.807, 2.05) is 26.2 Å². The number of rotatable bonds is 7. The monoisotopic (exact) mass is 405 g/mol. The third-order valence-corrected chi connectivity index (χ3v) is 6.97. The Kier molecular flexibility index (Phi) is 6.80. The zero-order chi connectivity index (χ0) is 20.1. The van der Waals surface area contributed by atoms with E-state index in [0.29, 0.717) is 12.3 Å². The van der Waals surface area contributed by atoms with Gasteiger partial charge < -0.3 is 9.30 Å². The van der Waals surface area contributed by atoms with Crippen LogP contribution in [0.5, 0.6) is 5.75 Å². The Morgan fingerprint density at radius 3 is 2.43 bits per heavy atom. The topological polar surface area (TPSA) is 63.6 Å². The van der Waals surface area contributed by atoms with Crippen molar-refractivity contribution >= 4 is 10.0 Å². The minimum atomic E-state index is -3.60. The molecule has 0 bridgehead atoms. The van der Waals surface area contributed by atoms with E-state index >= 15 is 0 Å². The molecule has 1 saturated heterocycles. The van der Waals surface area contributed by atoms with Crippen LogP contribution in [0.2, 0.25) is 0 Å². The molecule has 1 atom stereocenters. The molecule has 1 aromatic heterocycles. The molecule has 154 valence electrons. The number of nitrogens with zero attached hydrogens (tertiary/aromatic N) is 2. The van der Waals surface area contributed by atoms with Gasteiger partial charge >= 0.3 is 0 Å². The molecule has 1 unspecified atom stereocenters. The maximum Gasteiger partial charge on any atom is 0.240 e. The molecule has 0 saturated carbocycles. The van der Waals surface area contributed by atoms with Crippen molar-refractivity contribution in [1.82, 2.24) is 14.2 Å². The van der Waals surface area contributed by atoms with Crippen molar-refractivity contribution in [3.05, 3.63) is 47.8 Å². The highest BCUT2D eigenvalue weighted by Crippen LogP contribution is 2.25. The van der Waals surface area contributed by atoms with E-state index in [1.54, 1.807) is 25.3 Å². The lowest BCUT2D eigenvalue weighted by Crippen LogP contribution is -2.39. The number of aryl methyl sites for hydroxylation is 2. The van der Waals surface area contributed by atoms with Gasteiger partial charge in [-0.15, -0.1) is 0 Å². The summed E-state index contributed by atoms with van der Waals surface area (Å²) in [6.07, 6.45) is 6.82. The van der Waals surface area contributed by atoms with Gasteiger partial charge in [0.1, 0.15) is 5.75 Å². The standard InChI is InChI=1S/C21H31N3O3S/c1-17-15-18(10-11-21(17)27-3)28(25,26)22-16-20(19-9-8-12-23(19)2)24-13-6-4-5-7-14-24/h8-12,15,20,22H,4-7,13-14,16H2,1-3H3. The van der Waals surface area contributed by atoms with E-state index in [4.69, 9.17) is 4.74 Å². The lowest BCUT2D eigenvalue weighted by molar-refractivity contribution is 0.199. The molecular weight excluding hydrogens is 374 g/mol. The fourth-order valence-electron chi connectivity index (χ4n) is 3.94. The Morgan fingerprint density at radius 2 is 1.86 bits per heavy atom. The quantitative estimate of drug-likeness (QED) is 0.768. The van der Waals surface area contributed by atoms with Crippen molar-refractivity contribution < 1.29 is 13.2 Å². The van der Waals surface area contributed by atoms with Gasteiger partial charge in [-0.3, -0.25) is 4.90 Å². The number of nitrogens with one attached hydrogen (secondary N) is 1. The number of ether oxygens (including phenoxy) is 1. The predicted molar refractivity (Wildman–Crippen MR) is 111 cm³/mol. The van der Waals surface area contributed by atoms with Crippen LogP contribution in [0.1, 0.15) is 43.0 Å². The second-order valence-electron chi connectivity index (χ2n) is 7.49. The predicted octanol–water partition coefficient (Wildman–Crippen LogP) is 3.24. The maximum absolute atomic E-state index is 12.9. The number of likely N-dealkylation sites (tertiary alicyclic amines) is 1. The molecule has 1 N–H and O–H groups in total. The van der Waals surface area contributed by atoms with Crippen LogP contribution in [0.3, 0.4) is 0 Å². The highest BCUT2D eigenvalue weighted by molar-refractivity contribution is 7.89. The summed E-state index contributed by atoms with van der Waals surface area (Å²) in [6, 6.07) is 9.07. The van der Waals surface area contributed by atoms with Gasteiger partial charge in [0, 0.05) is 25.5 Å². The molecule has 28 heavy (non-hydrogen) atoms. The van der Waals surface area contributed by atoms with Crippen LogP contribution in [0.25, 0.3) is 0 Å². The smallest absolute Gasteiger partial charge is 0.240 e. The molecule has 0 aliphatic carbocycles. The third-order valence-electron chi connectivity index (χ3n) is 5.55. The van der Waals surface area contributed by atoms with E-state index in [-0.39, 0.29) is 10.9 Å². The Labute approximate surface area is 168 Å². The van der Waals surface area contributed by atoms with Crippen molar-refractivity contribution in [3.63, 3.8) is 0 Å².